The van der Waals surface area contributed by atoms with E-state index in [-0.39, 0.29) is 22.6 Å². The third-order valence-corrected chi connectivity index (χ3v) is 3.85. The number of hydrogen-bond acceptors (Lipinski definition) is 2. The number of hydrogen-bond donors (Lipinski definition) is 1. The maximum absolute atomic E-state index is 12.1. The molecule has 1 amide bonds. The maximum Gasteiger partial charge on any atom is 0.387 e. The Balaban J connectivity index is 2.59. The van der Waals surface area contributed by atoms with E-state index < -0.39 is 6.61 Å². The Hall–Kier alpha value is -1.36. The minimum absolute atomic E-state index is 0.0416. The number of ether oxygens (including phenoxy) is 1. The number of carbonyl (C=O) groups excluding carboxylic acids is 1. The summed E-state index contributed by atoms with van der Waals surface area (Å²) in [6, 6.07) is 5.68. The molecule has 0 aliphatic carbocycles. The quantitative estimate of drug-likeness (QED) is 0.734. The Kier molecular flexibility index (Phi) is 7.43. The monoisotopic (exact) mass is 319 g/mol. The molecule has 3 nitrogen and oxygen atoms in total. The van der Waals surface area contributed by atoms with Crippen molar-refractivity contribution in [3.05, 3.63) is 29.8 Å². The smallest absolute Gasteiger partial charge is 0.387 e. The van der Waals surface area contributed by atoms with Crippen LogP contribution in [0.3, 0.4) is 0 Å². The van der Waals surface area contributed by atoms with E-state index in [2.05, 4.69) is 23.9 Å². The second-order valence-corrected chi connectivity index (χ2v) is 5.27. The van der Waals surface area contributed by atoms with Crippen LogP contribution in [0.2, 0.25) is 0 Å². The molecule has 1 rings (SSSR count). The molecule has 0 radical (unpaired) electrons. The number of amides is 1. The van der Waals surface area contributed by atoms with Crippen LogP contribution in [0.4, 0.5) is 8.78 Å². The minimum atomic E-state index is -2.91. The molecular formula is C15H20ClF2NO2. The van der Waals surface area contributed by atoms with Crippen molar-refractivity contribution in [2.24, 2.45) is 5.92 Å². The summed E-state index contributed by atoms with van der Waals surface area (Å²) in [5.41, 5.74) is 0.265. The van der Waals surface area contributed by atoms with Crippen LogP contribution in [0.1, 0.15) is 37.0 Å². The van der Waals surface area contributed by atoms with Crippen molar-refractivity contribution in [1.29, 1.82) is 0 Å². The first-order chi connectivity index (χ1) is 9.97. The predicted molar refractivity (Wildman–Crippen MR) is 79.1 cm³/mol. The second-order valence-electron chi connectivity index (χ2n) is 4.71. The molecule has 0 heterocycles. The fourth-order valence-electron chi connectivity index (χ4n) is 2.07. The first-order valence-corrected chi connectivity index (χ1v) is 7.38. The maximum atomic E-state index is 12.1. The molecule has 1 atom stereocenters. The first-order valence-electron chi connectivity index (χ1n) is 6.95. The van der Waals surface area contributed by atoms with Gasteiger partial charge in [0, 0.05) is 12.1 Å². The molecule has 1 N–H and O–H groups in total. The van der Waals surface area contributed by atoms with Crippen molar-refractivity contribution in [2.75, 3.05) is 6.54 Å². The van der Waals surface area contributed by atoms with Crippen molar-refractivity contribution >= 4 is 17.5 Å². The van der Waals surface area contributed by atoms with Gasteiger partial charge in [-0.25, -0.2) is 0 Å². The molecule has 0 aliphatic heterocycles. The van der Waals surface area contributed by atoms with Gasteiger partial charge in [0.1, 0.15) is 5.75 Å². The summed E-state index contributed by atoms with van der Waals surface area (Å²) in [6.07, 6.45) is 1.89. The average Bonchev–Trinajstić information content (AvgIpc) is 2.45. The Morgan fingerprint density at radius 1 is 1.33 bits per heavy atom. The molecule has 1 aromatic carbocycles. The van der Waals surface area contributed by atoms with Crippen molar-refractivity contribution in [2.45, 2.75) is 38.7 Å². The molecular weight excluding hydrogens is 300 g/mol. The van der Waals surface area contributed by atoms with Crippen molar-refractivity contribution < 1.29 is 18.3 Å². The van der Waals surface area contributed by atoms with E-state index in [1.165, 1.54) is 24.3 Å². The van der Waals surface area contributed by atoms with Gasteiger partial charge in [0.05, 0.1) is 5.38 Å². The third kappa shape index (κ3) is 5.87. The average molecular weight is 320 g/mol. The van der Waals surface area contributed by atoms with E-state index in [0.717, 1.165) is 12.8 Å². The Labute approximate surface area is 128 Å². The molecule has 1 unspecified atom stereocenters. The van der Waals surface area contributed by atoms with Gasteiger partial charge in [-0.3, -0.25) is 4.79 Å². The zero-order valence-corrected chi connectivity index (χ0v) is 12.9. The number of carbonyl (C=O) groups is 1. The third-order valence-electron chi connectivity index (χ3n) is 3.34. The normalized spacial score (nSPS) is 12.5. The Morgan fingerprint density at radius 2 is 2.00 bits per heavy atom. The molecule has 0 bridgehead atoms. The van der Waals surface area contributed by atoms with Gasteiger partial charge < -0.3 is 10.1 Å². The van der Waals surface area contributed by atoms with E-state index in [1.54, 1.807) is 0 Å². The van der Waals surface area contributed by atoms with Gasteiger partial charge in [-0.15, -0.1) is 11.6 Å². The first kappa shape index (κ1) is 17.7. The summed E-state index contributed by atoms with van der Waals surface area (Å²) >= 11 is 6.24. The number of alkyl halides is 3. The zero-order valence-electron chi connectivity index (χ0n) is 12.1. The number of benzene rings is 1. The van der Waals surface area contributed by atoms with Crippen LogP contribution in [0, 0.1) is 5.92 Å². The lowest BCUT2D eigenvalue weighted by Crippen LogP contribution is -2.33. The fourth-order valence-corrected chi connectivity index (χ4v) is 2.51. The SMILES string of the molecule is CCC(CC)C(Cl)CNC(=O)c1cccc(OC(F)F)c1. The molecule has 0 saturated carbocycles. The van der Waals surface area contributed by atoms with Crippen molar-refractivity contribution in [3.8, 4) is 5.75 Å². The van der Waals surface area contributed by atoms with Gasteiger partial charge in [0.25, 0.3) is 5.91 Å². The molecule has 0 saturated heterocycles. The highest BCUT2D eigenvalue weighted by Gasteiger charge is 2.17. The molecule has 0 spiro atoms. The zero-order chi connectivity index (χ0) is 15.8. The Bertz CT molecular complexity index is 453. The van der Waals surface area contributed by atoms with Crippen molar-refractivity contribution in [3.63, 3.8) is 0 Å². The van der Waals surface area contributed by atoms with Gasteiger partial charge in [0.2, 0.25) is 0 Å². The van der Waals surface area contributed by atoms with Crippen LogP contribution in [0.25, 0.3) is 0 Å². The lowest BCUT2D eigenvalue weighted by molar-refractivity contribution is -0.0498. The Morgan fingerprint density at radius 3 is 2.57 bits per heavy atom. The van der Waals surface area contributed by atoms with E-state index >= 15 is 0 Å². The fraction of sp³-hybridized carbons (Fsp3) is 0.533. The molecule has 21 heavy (non-hydrogen) atoms. The molecule has 6 heteroatoms. The lowest BCUT2D eigenvalue weighted by atomic mass is 9.99. The van der Waals surface area contributed by atoms with Gasteiger partial charge in [0.15, 0.2) is 0 Å². The topological polar surface area (TPSA) is 38.3 Å². The van der Waals surface area contributed by atoms with Crippen LogP contribution in [-0.4, -0.2) is 24.4 Å². The summed E-state index contributed by atoms with van der Waals surface area (Å²) in [5.74, 6) is -0.0631. The molecule has 0 aromatic heterocycles. The van der Waals surface area contributed by atoms with Crippen LogP contribution < -0.4 is 10.1 Å². The van der Waals surface area contributed by atoms with Gasteiger partial charge in [-0.1, -0.05) is 32.8 Å². The van der Waals surface area contributed by atoms with Gasteiger partial charge in [-0.2, -0.15) is 8.78 Å². The summed E-state index contributed by atoms with van der Waals surface area (Å²) in [6.45, 7) is 1.53. The minimum Gasteiger partial charge on any atom is -0.435 e. The van der Waals surface area contributed by atoms with E-state index in [1.807, 2.05) is 0 Å². The number of rotatable bonds is 8. The van der Waals surface area contributed by atoms with Crippen LogP contribution in [0.5, 0.6) is 5.75 Å². The number of nitrogens with one attached hydrogen (secondary N) is 1. The largest absolute Gasteiger partial charge is 0.435 e. The lowest BCUT2D eigenvalue weighted by Gasteiger charge is -2.19. The summed E-state index contributed by atoms with van der Waals surface area (Å²) in [7, 11) is 0. The molecule has 0 fully saturated rings. The van der Waals surface area contributed by atoms with Crippen LogP contribution >= 0.6 is 11.6 Å². The highest BCUT2D eigenvalue weighted by Crippen LogP contribution is 2.19. The van der Waals surface area contributed by atoms with Crippen LogP contribution in [0.15, 0.2) is 24.3 Å². The van der Waals surface area contributed by atoms with Crippen molar-refractivity contribution in [1.82, 2.24) is 5.32 Å². The predicted octanol–water partition coefficient (Wildman–Crippen LogP) is 4.06. The van der Waals surface area contributed by atoms with E-state index in [0.29, 0.717) is 12.5 Å². The van der Waals surface area contributed by atoms with Crippen LogP contribution in [-0.2, 0) is 0 Å². The van der Waals surface area contributed by atoms with Gasteiger partial charge >= 0.3 is 6.61 Å². The second kappa shape index (κ2) is 8.82. The van der Waals surface area contributed by atoms with E-state index in [9.17, 15) is 13.6 Å². The highest BCUT2D eigenvalue weighted by atomic mass is 35.5. The standard InChI is InChI=1S/C15H20ClF2NO2/c1-3-10(4-2)13(16)9-19-14(20)11-6-5-7-12(8-11)21-15(17)18/h5-8,10,13,15H,3-4,9H2,1-2H3,(H,19,20). The summed E-state index contributed by atoms with van der Waals surface area (Å²) in [5, 5.41) is 2.57. The summed E-state index contributed by atoms with van der Waals surface area (Å²) < 4.78 is 28.5. The molecule has 1 aromatic rings. The summed E-state index contributed by atoms with van der Waals surface area (Å²) in [4.78, 5) is 12.0. The van der Waals surface area contributed by atoms with Gasteiger partial charge in [-0.05, 0) is 24.1 Å². The molecule has 0 aliphatic rings. The molecule has 118 valence electrons. The highest BCUT2D eigenvalue weighted by molar-refractivity contribution is 6.21. The number of halogens is 3. The van der Waals surface area contributed by atoms with E-state index in [4.69, 9.17) is 11.6 Å².